The smallest absolute Gasteiger partial charge is 0.0865 e. The zero-order valence-electron chi connectivity index (χ0n) is 8.49. The lowest BCUT2D eigenvalue weighted by Crippen LogP contribution is -2.30. The van der Waals surface area contributed by atoms with Crippen molar-refractivity contribution in [1.82, 2.24) is 0 Å². The number of anilines is 2. The van der Waals surface area contributed by atoms with Gasteiger partial charge in [0.15, 0.2) is 0 Å². The highest BCUT2D eigenvalue weighted by Crippen LogP contribution is 2.26. The van der Waals surface area contributed by atoms with Crippen LogP contribution in [0.1, 0.15) is 18.4 Å². The first-order valence-electron chi connectivity index (χ1n) is 5.04. The molecule has 0 aliphatic carbocycles. The van der Waals surface area contributed by atoms with Gasteiger partial charge in [-0.25, -0.2) is 0 Å². The minimum absolute atomic E-state index is 0.798. The van der Waals surface area contributed by atoms with Crippen molar-refractivity contribution < 1.29 is 4.84 Å². The molecule has 1 aromatic rings. The van der Waals surface area contributed by atoms with Crippen molar-refractivity contribution in [3.8, 4) is 0 Å². The molecule has 0 atom stereocenters. The van der Waals surface area contributed by atoms with E-state index >= 15 is 0 Å². The molecule has 2 rings (SSSR count). The van der Waals surface area contributed by atoms with Gasteiger partial charge in [0, 0.05) is 6.54 Å². The summed E-state index contributed by atoms with van der Waals surface area (Å²) < 4.78 is 0. The molecule has 1 heterocycles. The lowest BCUT2D eigenvalue weighted by Gasteiger charge is -2.28. The van der Waals surface area contributed by atoms with Crippen molar-refractivity contribution in [2.24, 2.45) is 0 Å². The SMILES string of the molecule is Cc1ccc(N2CCCCO2)c(N)c1. The van der Waals surface area contributed by atoms with Crippen LogP contribution in [0.25, 0.3) is 0 Å². The summed E-state index contributed by atoms with van der Waals surface area (Å²) in [7, 11) is 0. The number of nitrogens with zero attached hydrogens (tertiary/aromatic N) is 1. The molecule has 1 aromatic carbocycles. The molecular formula is C11H16N2O. The number of hydrogen-bond acceptors (Lipinski definition) is 3. The Labute approximate surface area is 84.4 Å². The molecule has 76 valence electrons. The van der Waals surface area contributed by atoms with Gasteiger partial charge < -0.3 is 5.73 Å². The van der Waals surface area contributed by atoms with Gasteiger partial charge in [0.2, 0.25) is 0 Å². The number of nitrogens with two attached hydrogens (primary N) is 1. The first kappa shape index (κ1) is 9.34. The van der Waals surface area contributed by atoms with Crippen molar-refractivity contribution in [2.75, 3.05) is 23.9 Å². The van der Waals surface area contributed by atoms with Crippen LogP contribution in [0, 0.1) is 6.92 Å². The van der Waals surface area contributed by atoms with Crippen LogP contribution in [0.5, 0.6) is 0 Å². The fraction of sp³-hybridized carbons (Fsp3) is 0.455. The predicted molar refractivity (Wildman–Crippen MR) is 58.1 cm³/mol. The summed E-state index contributed by atoms with van der Waals surface area (Å²) in [5.74, 6) is 0. The Bertz CT molecular complexity index is 319. The fourth-order valence-corrected chi connectivity index (χ4v) is 1.69. The highest BCUT2D eigenvalue weighted by molar-refractivity contribution is 5.67. The summed E-state index contributed by atoms with van der Waals surface area (Å²) >= 11 is 0. The standard InChI is InChI=1S/C11H16N2O/c1-9-4-5-11(10(12)8-9)13-6-2-3-7-14-13/h4-5,8H,2-3,6-7,12H2,1H3. The molecule has 1 saturated heterocycles. The summed E-state index contributed by atoms with van der Waals surface area (Å²) in [6.45, 7) is 3.78. The summed E-state index contributed by atoms with van der Waals surface area (Å²) in [6.07, 6.45) is 2.32. The molecule has 1 aliphatic heterocycles. The Morgan fingerprint density at radius 3 is 2.86 bits per heavy atom. The van der Waals surface area contributed by atoms with Gasteiger partial charge in [0.25, 0.3) is 0 Å². The normalized spacial score (nSPS) is 17.1. The molecule has 0 unspecified atom stereocenters. The molecule has 0 bridgehead atoms. The highest BCUT2D eigenvalue weighted by Gasteiger charge is 2.13. The van der Waals surface area contributed by atoms with Crippen LogP contribution >= 0.6 is 0 Å². The molecule has 2 N–H and O–H groups in total. The van der Waals surface area contributed by atoms with Gasteiger partial charge in [-0.15, -0.1) is 0 Å². The van der Waals surface area contributed by atoms with Crippen molar-refractivity contribution in [3.63, 3.8) is 0 Å². The number of benzene rings is 1. The average Bonchev–Trinajstić information content (AvgIpc) is 2.19. The van der Waals surface area contributed by atoms with Gasteiger partial charge in [0.1, 0.15) is 0 Å². The largest absolute Gasteiger partial charge is 0.397 e. The summed E-state index contributed by atoms with van der Waals surface area (Å²) in [5, 5.41) is 1.90. The van der Waals surface area contributed by atoms with E-state index in [1.807, 2.05) is 24.1 Å². The molecule has 0 radical (unpaired) electrons. The Morgan fingerprint density at radius 1 is 1.36 bits per heavy atom. The van der Waals surface area contributed by atoms with Gasteiger partial charge in [-0.2, -0.15) is 0 Å². The Hall–Kier alpha value is -1.22. The monoisotopic (exact) mass is 192 g/mol. The molecule has 0 saturated carbocycles. The van der Waals surface area contributed by atoms with E-state index in [-0.39, 0.29) is 0 Å². The zero-order valence-corrected chi connectivity index (χ0v) is 8.49. The summed E-state index contributed by atoms with van der Waals surface area (Å²) in [4.78, 5) is 5.54. The number of nitrogen functional groups attached to an aromatic ring is 1. The van der Waals surface area contributed by atoms with Crippen LogP contribution < -0.4 is 10.8 Å². The first-order chi connectivity index (χ1) is 6.77. The second-order valence-electron chi connectivity index (χ2n) is 3.70. The predicted octanol–water partition coefficient (Wildman–Crippen LogP) is 2.11. The van der Waals surface area contributed by atoms with Crippen LogP contribution in [0.4, 0.5) is 11.4 Å². The molecule has 3 nitrogen and oxygen atoms in total. The first-order valence-corrected chi connectivity index (χ1v) is 5.04. The van der Waals surface area contributed by atoms with E-state index in [9.17, 15) is 0 Å². The van der Waals surface area contributed by atoms with Crippen molar-refractivity contribution >= 4 is 11.4 Å². The quantitative estimate of drug-likeness (QED) is 0.692. The van der Waals surface area contributed by atoms with E-state index in [0.717, 1.165) is 30.9 Å². The summed E-state index contributed by atoms with van der Waals surface area (Å²) in [6, 6.07) is 6.06. The maximum absolute atomic E-state index is 5.93. The maximum atomic E-state index is 5.93. The second-order valence-corrected chi connectivity index (χ2v) is 3.70. The average molecular weight is 192 g/mol. The third-order valence-electron chi connectivity index (χ3n) is 2.45. The third-order valence-corrected chi connectivity index (χ3v) is 2.45. The molecule has 1 aliphatic rings. The van der Waals surface area contributed by atoms with E-state index in [2.05, 4.69) is 6.07 Å². The number of hydroxylamine groups is 1. The topological polar surface area (TPSA) is 38.5 Å². The lowest BCUT2D eigenvalue weighted by molar-refractivity contribution is 0.0781. The van der Waals surface area contributed by atoms with Crippen molar-refractivity contribution in [2.45, 2.75) is 19.8 Å². The van der Waals surface area contributed by atoms with E-state index < -0.39 is 0 Å². The minimum atomic E-state index is 0.798. The van der Waals surface area contributed by atoms with Crippen molar-refractivity contribution in [1.29, 1.82) is 0 Å². The third kappa shape index (κ3) is 1.82. The van der Waals surface area contributed by atoms with E-state index in [1.54, 1.807) is 0 Å². The highest BCUT2D eigenvalue weighted by atomic mass is 16.7. The molecule has 0 spiro atoms. The Balaban J connectivity index is 2.22. The van der Waals surface area contributed by atoms with Crippen LogP contribution in [0.2, 0.25) is 0 Å². The lowest BCUT2D eigenvalue weighted by atomic mass is 10.2. The second kappa shape index (κ2) is 3.88. The van der Waals surface area contributed by atoms with E-state index in [4.69, 9.17) is 10.6 Å². The molecule has 0 amide bonds. The van der Waals surface area contributed by atoms with Crippen LogP contribution in [-0.4, -0.2) is 13.2 Å². The van der Waals surface area contributed by atoms with Gasteiger partial charge in [-0.05, 0) is 37.5 Å². The molecule has 14 heavy (non-hydrogen) atoms. The minimum Gasteiger partial charge on any atom is -0.397 e. The van der Waals surface area contributed by atoms with Gasteiger partial charge >= 0.3 is 0 Å². The molecule has 3 heteroatoms. The van der Waals surface area contributed by atoms with E-state index in [0.29, 0.717) is 0 Å². The molecule has 1 fully saturated rings. The molecule has 0 aromatic heterocycles. The van der Waals surface area contributed by atoms with Crippen LogP contribution in [-0.2, 0) is 4.84 Å². The summed E-state index contributed by atoms with van der Waals surface area (Å²) in [5.41, 5.74) is 8.91. The Kier molecular flexibility index (Phi) is 2.59. The van der Waals surface area contributed by atoms with Crippen molar-refractivity contribution in [3.05, 3.63) is 23.8 Å². The number of hydrogen-bond donors (Lipinski definition) is 1. The Morgan fingerprint density at radius 2 is 2.21 bits per heavy atom. The number of rotatable bonds is 1. The maximum Gasteiger partial charge on any atom is 0.0865 e. The van der Waals surface area contributed by atoms with Gasteiger partial charge in [0.05, 0.1) is 18.0 Å². The fourth-order valence-electron chi connectivity index (χ4n) is 1.69. The van der Waals surface area contributed by atoms with E-state index in [1.165, 1.54) is 12.0 Å². The number of aryl methyl sites for hydroxylation is 1. The zero-order chi connectivity index (χ0) is 9.97. The van der Waals surface area contributed by atoms with Crippen LogP contribution in [0.3, 0.4) is 0 Å². The van der Waals surface area contributed by atoms with Crippen LogP contribution in [0.15, 0.2) is 18.2 Å². The molecular weight excluding hydrogens is 176 g/mol. The van der Waals surface area contributed by atoms with Gasteiger partial charge in [-0.3, -0.25) is 9.90 Å². The van der Waals surface area contributed by atoms with Gasteiger partial charge in [-0.1, -0.05) is 6.07 Å².